The first-order chi connectivity index (χ1) is 6.81. The van der Waals surface area contributed by atoms with Crippen LogP contribution in [0.3, 0.4) is 0 Å². The van der Waals surface area contributed by atoms with Gasteiger partial charge in [-0.1, -0.05) is 12.1 Å². The smallest absolute Gasteiger partial charge is 0.207 e. The molecule has 0 aliphatic carbocycles. The van der Waals surface area contributed by atoms with Gasteiger partial charge in [0.1, 0.15) is 5.01 Å². The van der Waals surface area contributed by atoms with Crippen LogP contribution in [0.25, 0.3) is 10.2 Å². The summed E-state index contributed by atoms with van der Waals surface area (Å²) in [4.78, 5) is 14.7. The number of carbonyl (C=O) groups is 1. The van der Waals surface area contributed by atoms with Gasteiger partial charge in [-0.15, -0.1) is 11.3 Å². The number of benzene rings is 1. The molecule has 0 radical (unpaired) electrons. The summed E-state index contributed by atoms with van der Waals surface area (Å²) in [6.07, 6.45) is 0.705. The summed E-state index contributed by atoms with van der Waals surface area (Å²) < 4.78 is 1.15. The zero-order chi connectivity index (χ0) is 9.97. The van der Waals surface area contributed by atoms with Crippen molar-refractivity contribution in [2.24, 2.45) is 0 Å². The molecular weight excluding hydrogens is 196 g/mol. The zero-order valence-corrected chi connectivity index (χ0v) is 8.54. The molecule has 0 saturated heterocycles. The Bertz CT molecular complexity index is 419. The molecular formula is C10H10N2OS. The molecule has 0 fully saturated rings. The van der Waals surface area contributed by atoms with Gasteiger partial charge in [-0.25, -0.2) is 4.98 Å². The number of fused-ring (bicyclic) bond motifs is 1. The monoisotopic (exact) mass is 206 g/mol. The van der Waals surface area contributed by atoms with E-state index in [4.69, 9.17) is 0 Å². The number of hydrogen-bond acceptors (Lipinski definition) is 3. The third-order valence-corrected chi connectivity index (χ3v) is 3.22. The highest BCUT2D eigenvalue weighted by atomic mass is 32.1. The maximum Gasteiger partial charge on any atom is 0.207 e. The van der Waals surface area contributed by atoms with E-state index in [2.05, 4.69) is 10.3 Å². The van der Waals surface area contributed by atoms with Crippen LogP contribution in [0.5, 0.6) is 0 Å². The molecule has 1 heterocycles. The summed E-state index contributed by atoms with van der Waals surface area (Å²) in [6, 6.07) is 7.95. The number of aromatic nitrogens is 1. The standard InChI is InChI=1S/C10H10N2OS/c1-7(11-6-13)10-12-8-4-2-3-5-9(8)14-10/h2-7H,1H3,(H,11,13)/t7-/m1/s1. The molecule has 0 saturated carbocycles. The molecule has 72 valence electrons. The van der Waals surface area contributed by atoms with Gasteiger partial charge in [0, 0.05) is 0 Å². The van der Waals surface area contributed by atoms with Gasteiger partial charge in [-0.3, -0.25) is 4.79 Å². The first-order valence-electron chi connectivity index (χ1n) is 4.36. The van der Waals surface area contributed by atoms with Gasteiger partial charge in [-0.05, 0) is 19.1 Å². The van der Waals surface area contributed by atoms with Gasteiger partial charge < -0.3 is 5.32 Å². The minimum Gasteiger partial charge on any atom is -0.350 e. The molecule has 0 spiro atoms. The number of rotatable bonds is 3. The van der Waals surface area contributed by atoms with Crippen LogP contribution in [-0.2, 0) is 4.79 Å². The Morgan fingerprint density at radius 3 is 3.00 bits per heavy atom. The van der Waals surface area contributed by atoms with Crippen molar-refractivity contribution in [1.82, 2.24) is 10.3 Å². The number of carbonyl (C=O) groups excluding carboxylic acids is 1. The Kier molecular flexibility index (Phi) is 2.45. The first kappa shape index (κ1) is 9.15. The van der Waals surface area contributed by atoms with Gasteiger partial charge in [0.25, 0.3) is 0 Å². The molecule has 3 nitrogen and oxygen atoms in total. The highest BCUT2D eigenvalue weighted by molar-refractivity contribution is 7.18. The van der Waals surface area contributed by atoms with Gasteiger partial charge in [-0.2, -0.15) is 0 Å². The second-order valence-corrected chi connectivity index (χ2v) is 4.09. The van der Waals surface area contributed by atoms with E-state index in [1.165, 1.54) is 0 Å². The highest BCUT2D eigenvalue weighted by Gasteiger charge is 2.09. The minimum atomic E-state index is -0.00935. The number of nitrogens with one attached hydrogen (secondary N) is 1. The summed E-state index contributed by atoms with van der Waals surface area (Å²) in [5.41, 5.74) is 0.993. The van der Waals surface area contributed by atoms with Crippen molar-refractivity contribution >= 4 is 28.0 Å². The molecule has 2 aromatic rings. The van der Waals surface area contributed by atoms with E-state index >= 15 is 0 Å². The fraction of sp³-hybridized carbons (Fsp3) is 0.200. The molecule has 1 aromatic heterocycles. The van der Waals surface area contributed by atoms with Crippen molar-refractivity contribution in [3.8, 4) is 0 Å². The Morgan fingerprint density at radius 1 is 1.50 bits per heavy atom. The molecule has 0 aliphatic rings. The van der Waals surface area contributed by atoms with Crippen LogP contribution in [0.2, 0.25) is 0 Å². The lowest BCUT2D eigenvalue weighted by Gasteiger charge is -2.03. The fourth-order valence-electron chi connectivity index (χ4n) is 1.25. The van der Waals surface area contributed by atoms with Crippen molar-refractivity contribution in [1.29, 1.82) is 0 Å². The predicted octanol–water partition coefficient (Wildman–Crippen LogP) is 2.10. The molecule has 1 N–H and O–H groups in total. The molecule has 1 aromatic carbocycles. The van der Waals surface area contributed by atoms with Crippen molar-refractivity contribution in [3.05, 3.63) is 29.3 Å². The Balaban J connectivity index is 2.39. The van der Waals surface area contributed by atoms with Gasteiger partial charge in [0.15, 0.2) is 0 Å². The molecule has 0 unspecified atom stereocenters. The predicted molar refractivity (Wildman–Crippen MR) is 57.2 cm³/mol. The van der Waals surface area contributed by atoms with E-state index in [-0.39, 0.29) is 6.04 Å². The summed E-state index contributed by atoms with van der Waals surface area (Å²) in [7, 11) is 0. The molecule has 2 rings (SSSR count). The zero-order valence-electron chi connectivity index (χ0n) is 7.73. The quantitative estimate of drug-likeness (QED) is 0.781. The lowest BCUT2D eigenvalue weighted by atomic mass is 10.3. The molecule has 4 heteroatoms. The Labute approximate surface area is 85.8 Å². The number of para-hydroxylation sites is 1. The third-order valence-electron chi connectivity index (χ3n) is 2.00. The summed E-state index contributed by atoms with van der Waals surface area (Å²) in [6.45, 7) is 1.92. The second-order valence-electron chi connectivity index (χ2n) is 3.03. The Hall–Kier alpha value is -1.42. The largest absolute Gasteiger partial charge is 0.350 e. The molecule has 0 aliphatic heterocycles. The van der Waals surface area contributed by atoms with Crippen molar-refractivity contribution in [2.75, 3.05) is 0 Å². The first-order valence-corrected chi connectivity index (χ1v) is 5.18. The van der Waals surface area contributed by atoms with Crippen molar-refractivity contribution < 1.29 is 4.79 Å². The molecule has 1 atom stereocenters. The van der Waals surface area contributed by atoms with Crippen LogP contribution in [-0.4, -0.2) is 11.4 Å². The lowest BCUT2D eigenvalue weighted by molar-refractivity contribution is -0.110. The topological polar surface area (TPSA) is 42.0 Å². The van der Waals surface area contributed by atoms with Crippen LogP contribution in [0.15, 0.2) is 24.3 Å². The minimum absolute atomic E-state index is 0.00935. The normalized spacial score (nSPS) is 12.6. The average molecular weight is 206 g/mol. The molecule has 1 amide bonds. The summed E-state index contributed by atoms with van der Waals surface area (Å²) >= 11 is 1.61. The van der Waals surface area contributed by atoms with Gasteiger partial charge in [0.05, 0.1) is 16.3 Å². The van der Waals surface area contributed by atoms with Crippen LogP contribution >= 0.6 is 11.3 Å². The van der Waals surface area contributed by atoms with Gasteiger partial charge in [0.2, 0.25) is 6.41 Å². The number of hydrogen-bond donors (Lipinski definition) is 1. The van der Waals surface area contributed by atoms with Crippen LogP contribution in [0.4, 0.5) is 0 Å². The highest BCUT2D eigenvalue weighted by Crippen LogP contribution is 2.25. The van der Waals surface area contributed by atoms with E-state index in [0.717, 1.165) is 15.2 Å². The third kappa shape index (κ3) is 1.61. The molecule has 0 bridgehead atoms. The van der Waals surface area contributed by atoms with E-state index in [1.807, 2.05) is 31.2 Å². The van der Waals surface area contributed by atoms with Crippen LogP contribution in [0.1, 0.15) is 18.0 Å². The summed E-state index contributed by atoms with van der Waals surface area (Å²) in [5, 5.41) is 3.63. The van der Waals surface area contributed by atoms with E-state index in [1.54, 1.807) is 11.3 Å². The number of thiazole rings is 1. The maximum absolute atomic E-state index is 10.3. The van der Waals surface area contributed by atoms with Gasteiger partial charge >= 0.3 is 0 Å². The Morgan fingerprint density at radius 2 is 2.29 bits per heavy atom. The molecule has 14 heavy (non-hydrogen) atoms. The number of nitrogens with zero attached hydrogens (tertiary/aromatic N) is 1. The van der Waals surface area contributed by atoms with Crippen molar-refractivity contribution in [2.45, 2.75) is 13.0 Å². The second kappa shape index (κ2) is 3.75. The average Bonchev–Trinajstić information content (AvgIpc) is 2.61. The summed E-state index contributed by atoms with van der Waals surface area (Å²) in [5.74, 6) is 0. The van der Waals surface area contributed by atoms with Crippen LogP contribution in [0, 0.1) is 0 Å². The van der Waals surface area contributed by atoms with Crippen LogP contribution < -0.4 is 5.32 Å². The number of amides is 1. The maximum atomic E-state index is 10.3. The SMILES string of the molecule is C[C@@H](NC=O)c1nc2ccccc2s1. The lowest BCUT2D eigenvalue weighted by Crippen LogP contribution is -2.15. The van der Waals surface area contributed by atoms with E-state index in [0.29, 0.717) is 6.41 Å². The van der Waals surface area contributed by atoms with E-state index < -0.39 is 0 Å². The van der Waals surface area contributed by atoms with E-state index in [9.17, 15) is 4.79 Å². The fourth-order valence-corrected chi connectivity index (χ4v) is 2.23. The van der Waals surface area contributed by atoms with Crippen molar-refractivity contribution in [3.63, 3.8) is 0 Å².